The Morgan fingerprint density at radius 1 is 1.10 bits per heavy atom. The largest absolute Gasteiger partial charge is 0.397 e. The van der Waals surface area contributed by atoms with Gasteiger partial charge >= 0.3 is 0 Å². The number of nitrogens with zero attached hydrogens (tertiary/aromatic N) is 2. The lowest BCUT2D eigenvalue weighted by atomic mass is 10.2. The van der Waals surface area contributed by atoms with E-state index in [1.807, 2.05) is 44.3 Å². The summed E-state index contributed by atoms with van der Waals surface area (Å²) in [5.74, 6) is 1.01. The molecule has 0 fully saturated rings. The quantitative estimate of drug-likeness (QED) is 0.698. The zero-order chi connectivity index (χ0) is 14.3. The summed E-state index contributed by atoms with van der Waals surface area (Å²) in [7, 11) is 2.02. The van der Waals surface area contributed by atoms with E-state index in [0.29, 0.717) is 0 Å². The van der Waals surface area contributed by atoms with E-state index in [0.717, 1.165) is 33.9 Å². The van der Waals surface area contributed by atoms with Crippen molar-refractivity contribution in [3.63, 3.8) is 0 Å². The van der Waals surface area contributed by atoms with Crippen LogP contribution >= 0.6 is 0 Å². The third kappa shape index (κ3) is 2.09. The van der Waals surface area contributed by atoms with Crippen LogP contribution in [-0.4, -0.2) is 9.55 Å². The van der Waals surface area contributed by atoms with E-state index >= 15 is 0 Å². The molecule has 0 atom stereocenters. The third-order valence-electron chi connectivity index (χ3n) is 3.59. The molecule has 0 amide bonds. The van der Waals surface area contributed by atoms with Gasteiger partial charge in [-0.25, -0.2) is 4.98 Å². The average Bonchev–Trinajstić information content (AvgIpc) is 2.69. The van der Waals surface area contributed by atoms with Gasteiger partial charge in [-0.15, -0.1) is 0 Å². The minimum Gasteiger partial charge on any atom is -0.397 e. The smallest absolute Gasteiger partial charge is 0.106 e. The number of nitrogen functional groups attached to an aromatic ring is 1. The number of hydrogen-bond donors (Lipinski definition) is 2. The number of anilines is 3. The molecule has 0 spiro atoms. The second-order valence-corrected chi connectivity index (χ2v) is 5.14. The summed E-state index contributed by atoms with van der Waals surface area (Å²) < 4.78 is 2.08. The molecule has 3 N–H and O–H groups in total. The van der Waals surface area contributed by atoms with Crippen LogP contribution in [0.25, 0.3) is 11.0 Å². The van der Waals surface area contributed by atoms with E-state index in [2.05, 4.69) is 27.9 Å². The van der Waals surface area contributed by atoms with E-state index in [9.17, 15) is 0 Å². The molecule has 0 aliphatic heterocycles. The molecule has 0 radical (unpaired) electrons. The van der Waals surface area contributed by atoms with Gasteiger partial charge in [-0.05, 0) is 49.7 Å². The lowest BCUT2D eigenvalue weighted by molar-refractivity contribution is 0.886. The number of nitrogens with one attached hydrogen (secondary N) is 1. The van der Waals surface area contributed by atoms with Gasteiger partial charge < -0.3 is 15.6 Å². The zero-order valence-electron chi connectivity index (χ0n) is 11.9. The number of aryl methyl sites for hydroxylation is 3. The van der Waals surface area contributed by atoms with Crippen molar-refractivity contribution >= 4 is 28.1 Å². The van der Waals surface area contributed by atoms with Gasteiger partial charge in [-0.2, -0.15) is 0 Å². The highest BCUT2D eigenvalue weighted by molar-refractivity contribution is 5.83. The Labute approximate surface area is 118 Å². The predicted octanol–water partition coefficient (Wildman–Crippen LogP) is 3.52. The fourth-order valence-corrected chi connectivity index (χ4v) is 2.33. The van der Waals surface area contributed by atoms with Crippen molar-refractivity contribution in [2.75, 3.05) is 11.1 Å². The normalized spacial score (nSPS) is 10.9. The molecule has 0 saturated carbocycles. The van der Waals surface area contributed by atoms with Gasteiger partial charge in [0.15, 0.2) is 0 Å². The Morgan fingerprint density at radius 2 is 1.90 bits per heavy atom. The van der Waals surface area contributed by atoms with Crippen LogP contribution < -0.4 is 11.1 Å². The summed E-state index contributed by atoms with van der Waals surface area (Å²) >= 11 is 0. The Hall–Kier alpha value is -2.49. The summed E-state index contributed by atoms with van der Waals surface area (Å²) in [6.07, 6.45) is 0. The standard InChI is InChI=1S/C16H18N4/c1-10-4-6-13(17)14(8-10)19-12-5-7-16-15(9-12)18-11(2)20(16)3/h4-9,19H,17H2,1-3H3. The van der Waals surface area contributed by atoms with Gasteiger partial charge in [0.05, 0.1) is 22.4 Å². The van der Waals surface area contributed by atoms with E-state index in [1.54, 1.807) is 0 Å². The van der Waals surface area contributed by atoms with Crippen LogP contribution in [0, 0.1) is 13.8 Å². The molecule has 4 heteroatoms. The summed E-state index contributed by atoms with van der Waals surface area (Å²) in [4.78, 5) is 4.55. The fraction of sp³-hybridized carbons (Fsp3) is 0.188. The number of nitrogens with two attached hydrogens (primary N) is 1. The number of hydrogen-bond acceptors (Lipinski definition) is 3. The number of fused-ring (bicyclic) bond motifs is 1. The maximum absolute atomic E-state index is 6.00. The molecule has 0 aliphatic carbocycles. The first-order chi connectivity index (χ1) is 9.54. The van der Waals surface area contributed by atoms with Crippen LogP contribution in [0.2, 0.25) is 0 Å². The van der Waals surface area contributed by atoms with Crippen LogP contribution in [0.4, 0.5) is 17.1 Å². The van der Waals surface area contributed by atoms with Crippen molar-refractivity contribution in [2.24, 2.45) is 7.05 Å². The molecule has 4 nitrogen and oxygen atoms in total. The zero-order valence-corrected chi connectivity index (χ0v) is 11.9. The van der Waals surface area contributed by atoms with Gasteiger partial charge in [-0.3, -0.25) is 0 Å². The first-order valence-corrected chi connectivity index (χ1v) is 6.61. The first kappa shape index (κ1) is 12.5. The summed E-state index contributed by atoms with van der Waals surface area (Å²) in [6.45, 7) is 4.06. The van der Waals surface area contributed by atoms with Gasteiger partial charge in [0.2, 0.25) is 0 Å². The SMILES string of the molecule is Cc1ccc(N)c(Nc2ccc3c(c2)nc(C)n3C)c1. The highest BCUT2D eigenvalue weighted by Crippen LogP contribution is 2.26. The van der Waals surface area contributed by atoms with Crippen molar-refractivity contribution in [3.05, 3.63) is 47.8 Å². The maximum Gasteiger partial charge on any atom is 0.106 e. The molecule has 1 aromatic heterocycles. The average molecular weight is 266 g/mol. The molecule has 2 aromatic carbocycles. The molecule has 102 valence electrons. The van der Waals surface area contributed by atoms with Gasteiger partial charge in [0.25, 0.3) is 0 Å². The van der Waals surface area contributed by atoms with Crippen LogP contribution in [0.1, 0.15) is 11.4 Å². The number of benzene rings is 2. The minimum atomic E-state index is 0.743. The van der Waals surface area contributed by atoms with Crippen molar-refractivity contribution in [1.29, 1.82) is 0 Å². The molecule has 0 unspecified atom stereocenters. The first-order valence-electron chi connectivity index (χ1n) is 6.61. The second kappa shape index (κ2) is 4.56. The van der Waals surface area contributed by atoms with Crippen molar-refractivity contribution < 1.29 is 0 Å². The Morgan fingerprint density at radius 3 is 2.70 bits per heavy atom. The molecule has 3 rings (SSSR count). The van der Waals surface area contributed by atoms with Crippen LogP contribution in [-0.2, 0) is 7.05 Å². The second-order valence-electron chi connectivity index (χ2n) is 5.14. The summed E-state index contributed by atoms with van der Waals surface area (Å²) in [5.41, 5.74) is 12.0. The van der Waals surface area contributed by atoms with E-state index in [-0.39, 0.29) is 0 Å². The van der Waals surface area contributed by atoms with Crippen LogP contribution in [0.15, 0.2) is 36.4 Å². The minimum absolute atomic E-state index is 0.743. The number of aromatic nitrogens is 2. The molecule has 1 heterocycles. The van der Waals surface area contributed by atoms with Crippen LogP contribution in [0.5, 0.6) is 0 Å². The van der Waals surface area contributed by atoms with Crippen molar-refractivity contribution in [1.82, 2.24) is 9.55 Å². The summed E-state index contributed by atoms with van der Waals surface area (Å²) in [6, 6.07) is 12.1. The molecule has 0 aliphatic rings. The Bertz CT molecular complexity index is 787. The Kier molecular flexibility index (Phi) is 2.86. The van der Waals surface area contributed by atoms with E-state index < -0.39 is 0 Å². The molecule has 20 heavy (non-hydrogen) atoms. The van der Waals surface area contributed by atoms with Gasteiger partial charge in [0.1, 0.15) is 5.82 Å². The van der Waals surface area contributed by atoms with Crippen molar-refractivity contribution in [2.45, 2.75) is 13.8 Å². The summed E-state index contributed by atoms with van der Waals surface area (Å²) in [5, 5.41) is 3.36. The predicted molar refractivity (Wildman–Crippen MR) is 84.3 cm³/mol. The van der Waals surface area contributed by atoms with Gasteiger partial charge in [-0.1, -0.05) is 6.07 Å². The van der Waals surface area contributed by atoms with Crippen LogP contribution in [0.3, 0.4) is 0 Å². The Balaban J connectivity index is 2.00. The maximum atomic E-state index is 6.00. The molecular weight excluding hydrogens is 248 g/mol. The number of imidazole rings is 1. The van der Waals surface area contributed by atoms with Crippen molar-refractivity contribution in [3.8, 4) is 0 Å². The highest BCUT2D eigenvalue weighted by Gasteiger charge is 2.06. The molecular formula is C16H18N4. The fourth-order valence-electron chi connectivity index (χ4n) is 2.33. The number of rotatable bonds is 2. The third-order valence-corrected chi connectivity index (χ3v) is 3.59. The van der Waals surface area contributed by atoms with E-state index in [1.165, 1.54) is 5.56 Å². The lowest BCUT2D eigenvalue weighted by Gasteiger charge is -2.10. The highest BCUT2D eigenvalue weighted by atomic mass is 15.1. The lowest BCUT2D eigenvalue weighted by Crippen LogP contribution is -1.96. The van der Waals surface area contributed by atoms with E-state index in [4.69, 9.17) is 5.73 Å². The molecule has 0 bridgehead atoms. The van der Waals surface area contributed by atoms with Gasteiger partial charge in [0, 0.05) is 12.7 Å². The molecule has 0 saturated heterocycles. The monoisotopic (exact) mass is 266 g/mol. The molecule has 3 aromatic rings. The topological polar surface area (TPSA) is 55.9 Å².